The van der Waals surface area contributed by atoms with Crippen LogP contribution >= 0.6 is 24.0 Å². The van der Waals surface area contributed by atoms with Crippen LogP contribution in [-0.4, -0.2) is 37.6 Å². The number of fused-ring (bicyclic) bond motifs is 1. The second-order valence-electron chi connectivity index (χ2n) is 5.73. The van der Waals surface area contributed by atoms with Gasteiger partial charge in [-0.2, -0.15) is 0 Å². The van der Waals surface area contributed by atoms with Gasteiger partial charge in [-0.25, -0.2) is 4.98 Å². The lowest BCUT2D eigenvalue weighted by molar-refractivity contribution is -0.121. The number of nitrogens with one attached hydrogen (secondary N) is 1. The highest BCUT2D eigenvalue weighted by Crippen LogP contribution is 2.32. The maximum Gasteiger partial charge on any atom is 0.267 e. The predicted octanol–water partition coefficient (Wildman–Crippen LogP) is 2.82. The van der Waals surface area contributed by atoms with Gasteiger partial charge in [0.25, 0.3) is 11.5 Å². The Labute approximate surface area is 160 Å². The molecular formula is C18H18N4O2S2. The average molecular weight is 387 g/mol. The van der Waals surface area contributed by atoms with Crippen LogP contribution in [0.2, 0.25) is 0 Å². The molecule has 1 amide bonds. The Hall–Kier alpha value is -2.45. The SMILES string of the molecule is C=CCN1C(=O)/C(=C\c2c(NCC)nc3ccc(C)cn3c2=O)SC1=S. The van der Waals surface area contributed by atoms with E-state index in [1.165, 1.54) is 21.1 Å². The molecule has 1 fully saturated rings. The first kappa shape index (κ1) is 18.3. The molecule has 2 aromatic heterocycles. The number of aryl methyl sites for hydroxylation is 1. The minimum atomic E-state index is -0.233. The summed E-state index contributed by atoms with van der Waals surface area (Å²) in [7, 11) is 0. The maximum absolute atomic E-state index is 13.0. The number of carbonyl (C=O) groups is 1. The molecule has 0 unspecified atom stereocenters. The zero-order valence-electron chi connectivity index (χ0n) is 14.5. The van der Waals surface area contributed by atoms with Crippen LogP contribution in [0.4, 0.5) is 5.82 Å². The Balaban J connectivity index is 2.17. The molecule has 1 N–H and O–H groups in total. The number of carbonyl (C=O) groups excluding carboxylic acids is 1. The minimum Gasteiger partial charge on any atom is -0.370 e. The number of pyridine rings is 1. The molecule has 3 rings (SSSR count). The fourth-order valence-corrected chi connectivity index (χ4v) is 3.87. The Kier molecular flexibility index (Phi) is 5.24. The van der Waals surface area contributed by atoms with Gasteiger partial charge in [0.1, 0.15) is 15.8 Å². The number of hydrogen-bond acceptors (Lipinski definition) is 6. The summed E-state index contributed by atoms with van der Waals surface area (Å²) in [6, 6.07) is 3.70. The summed E-state index contributed by atoms with van der Waals surface area (Å²) in [5.74, 6) is 0.228. The van der Waals surface area contributed by atoms with Crippen LogP contribution in [0.3, 0.4) is 0 Å². The second kappa shape index (κ2) is 7.43. The first-order valence-electron chi connectivity index (χ1n) is 8.09. The molecule has 0 saturated carbocycles. The molecule has 1 aliphatic heterocycles. The zero-order chi connectivity index (χ0) is 18.8. The lowest BCUT2D eigenvalue weighted by Gasteiger charge is -2.11. The van der Waals surface area contributed by atoms with Gasteiger partial charge in [0.15, 0.2) is 0 Å². The highest BCUT2D eigenvalue weighted by molar-refractivity contribution is 8.26. The van der Waals surface area contributed by atoms with E-state index in [0.717, 1.165) is 5.56 Å². The average Bonchev–Trinajstić information content (AvgIpc) is 2.87. The van der Waals surface area contributed by atoms with Gasteiger partial charge in [0.05, 0.1) is 10.5 Å². The number of rotatable bonds is 5. The number of amides is 1. The van der Waals surface area contributed by atoms with Crippen molar-refractivity contribution in [1.29, 1.82) is 0 Å². The first-order chi connectivity index (χ1) is 12.5. The van der Waals surface area contributed by atoms with Crippen LogP contribution in [0.15, 0.2) is 40.7 Å². The molecule has 3 heterocycles. The molecule has 0 atom stereocenters. The number of thiocarbonyl (C=S) groups is 1. The fraction of sp³-hybridized carbons (Fsp3) is 0.222. The summed E-state index contributed by atoms with van der Waals surface area (Å²) >= 11 is 6.43. The molecule has 0 bridgehead atoms. The number of anilines is 1. The summed E-state index contributed by atoms with van der Waals surface area (Å²) in [5.41, 5.74) is 1.60. The van der Waals surface area contributed by atoms with Crippen molar-refractivity contribution in [2.45, 2.75) is 13.8 Å². The van der Waals surface area contributed by atoms with E-state index in [2.05, 4.69) is 16.9 Å². The lowest BCUT2D eigenvalue weighted by Crippen LogP contribution is -2.28. The molecule has 1 aliphatic rings. The van der Waals surface area contributed by atoms with Gasteiger partial charge in [-0.3, -0.25) is 18.9 Å². The Morgan fingerprint density at radius 2 is 2.15 bits per heavy atom. The van der Waals surface area contributed by atoms with Crippen LogP contribution in [-0.2, 0) is 4.79 Å². The van der Waals surface area contributed by atoms with Crippen LogP contribution in [0.1, 0.15) is 18.1 Å². The molecule has 134 valence electrons. The van der Waals surface area contributed by atoms with E-state index in [9.17, 15) is 9.59 Å². The summed E-state index contributed by atoms with van der Waals surface area (Å²) in [5, 5.41) is 3.11. The van der Waals surface area contributed by atoms with Crippen LogP contribution < -0.4 is 10.9 Å². The lowest BCUT2D eigenvalue weighted by atomic mass is 10.2. The molecule has 8 heteroatoms. The van der Waals surface area contributed by atoms with Crippen molar-refractivity contribution in [2.75, 3.05) is 18.4 Å². The van der Waals surface area contributed by atoms with E-state index in [0.29, 0.717) is 39.3 Å². The van der Waals surface area contributed by atoms with Crippen molar-refractivity contribution < 1.29 is 4.79 Å². The molecule has 0 aromatic carbocycles. The Bertz CT molecular complexity index is 1010. The second-order valence-corrected chi connectivity index (χ2v) is 7.40. The maximum atomic E-state index is 13.0. The van der Waals surface area contributed by atoms with Crippen LogP contribution in [0.5, 0.6) is 0 Å². The number of thioether (sulfide) groups is 1. The van der Waals surface area contributed by atoms with Crippen molar-refractivity contribution in [1.82, 2.24) is 14.3 Å². The van der Waals surface area contributed by atoms with Crippen molar-refractivity contribution in [2.24, 2.45) is 0 Å². The number of aromatic nitrogens is 2. The highest BCUT2D eigenvalue weighted by atomic mass is 32.2. The zero-order valence-corrected chi connectivity index (χ0v) is 16.1. The monoisotopic (exact) mass is 386 g/mol. The van der Waals surface area contributed by atoms with Crippen molar-refractivity contribution in [3.8, 4) is 0 Å². The molecule has 6 nitrogen and oxygen atoms in total. The summed E-state index contributed by atoms with van der Waals surface area (Å²) in [6.07, 6.45) is 4.93. The Morgan fingerprint density at radius 3 is 2.85 bits per heavy atom. The van der Waals surface area contributed by atoms with Gasteiger partial charge in [0, 0.05) is 19.3 Å². The fourth-order valence-electron chi connectivity index (χ4n) is 2.61. The minimum absolute atomic E-state index is 0.226. The quantitative estimate of drug-likeness (QED) is 0.484. The molecular weight excluding hydrogens is 368 g/mol. The highest BCUT2D eigenvalue weighted by Gasteiger charge is 2.31. The summed E-state index contributed by atoms with van der Waals surface area (Å²) < 4.78 is 1.95. The summed E-state index contributed by atoms with van der Waals surface area (Å²) in [6.45, 7) is 8.42. The van der Waals surface area contributed by atoms with E-state index in [1.54, 1.807) is 24.4 Å². The summed E-state index contributed by atoms with van der Waals surface area (Å²) in [4.78, 5) is 32.0. The van der Waals surface area contributed by atoms with Gasteiger partial charge in [0.2, 0.25) is 0 Å². The van der Waals surface area contributed by atoms with Crippen molar-refractivity contribution in [3.63, 3.8) is 0 Å². The van der Waals surface area contributed by atoms with Crippen LogP contribution in [0, 0.1) is 6.92 Å². The van der Waals surface area contributed by atoms with E-state index >= 15 is 0 Å². The van der Waals surface area contributed by atoms with Gasteiger partial charge >= 0.3 is 0 Å². The van der Waals surface area contributed by atoms with Gasteiger partial charge < -0.3 is 5.32 Å². The van der Waals surface area contributed by atoms with E-state index in [1.807, 2.05) is 19.9 Å². The van der Waals surface area contributed by atoms with E-state index in [4.69, 9.17) is 12.2 Å². The Morgan fingerprint density at radius 1 is 1.38 bits per heavy atom. The van der Waals surface area contributed by atoms with Gasteiger partial charge in [-0.1, -0.05) is 36.1 Å². The van der Waals surface area contributed by atoms with Crippen molar-refractivity contribution >= 4 is 51.7 Å². The normalized spacial score (nSPS) is 15.9. The third-order valence-corrected chi connectivity index (χ3v) is 5.19. The number of nitrogens with zero attached hydrogens (tertiary/aromatic N) is 3. The molecule has 26 heavy (non-hydrogen) atoms. The van der Waals surface area contributed by atoms with E-state index < -0.39 is 0 Å². The largest absolute Gasteiger partial charge is 0.370 e. The molecule has 0 aliphatic carbocycles. The van der Waals surface area contributed by atoms with Crippen LogP contribution in [0.25, 0.3) is 11.7 Å². The predicted molar refractivity (Wildman–Crippen MR) is 110 cm³/mol. The third-order valence-electron chi connectivity index (χ3n) is 3.81. The van der Waals surface area contributed by atoms with Crippen molar-refractivity contribution in [3.05, 3.63) is 57.4 Å². The van der Waals surface area contributed by atoms with E-state index in [-0.39, 0.29) is 11.5 Å². The van der Waals surface area contributed by atoms with Gasteiger partial charge in [-0.15, -0.1) is 6.58 Å². The molecule has 0 radical (unpaired) electrons. The number of hydrogen-bond donors (Lipinski definition) is 1. The molecule has 0 spiro atoms. The molecule has 1 saturated heterocycles. The third kappa shape index (κ3) is 3.30. The smallest absolute Gasteiger partial charge is 0.267 e. The topological polar surface area (TPSA) is 66.7 Å². The standard InChI is InChI=1S/C18H18N4O2S2/c1-4-8-21-17(24)13(26-18(21)25)9-12-15(19-5-2)20-14-7-6-11(3)10-22(14)16(12)23/h4,6-7,9-10,19H,1,5,8H2,2-3H3/b13-9+. The molecule has 2 aromatic rings. The van der Waals surface area contributed by atoms with Gasteiger partial charge in [-0.05, 0) is 31.6 Å². The first-order valence-corrected chi connectivity index (χ1v) is 9.32.